The average Bonchev–Trinajstić information content (AvgIpc) is 3.04. The summed E-state index contributed by atoms with van der Waals surface area (Å²) in [6, 6.07) is 22.6. The van der Waals surface area contributed by atoms with Crippen LogP contribution in [0.4, 0.5) is 11.4 Å². The molecule has 2 amide bonds. The number of thioether (sulfide) groups is 1. The van der Waals surface area contributed by atoms with Gasteiger partial charge in [0.15, 0.2) is 0 Å². The van der Waals surface area contributed by atoms with Gasteiger partial charge in [-0.3, -0.25) is 9.59 Å². The van der Waals surface area contributed by atoms with Crippen molar-refractivity contribution in [3.63, 3.8) is 0 Å². The van der Waals surface area contributed by atoms with Crippen LogP contribution in [-0.2, 0) is 16.0 Å². The molecule has 0 radical (unpaired) electrons. The Morgan fingerprint density at radius 3 is 2.21 bits per heavy atom. The maximum absolute atomic E-state index is 13.5. The molecule has 0 bridgehead atoms. The second-order valence-corrected chi connectivity index (χ2v) is 9.61. The molecule has 1 aliphatic rings. The van der Waals surface area contributed by atoms with Crippen molar-refractivity contribution in [2.75, 3.05) is 10.2 Å². The van der Waals surface area contributed by atoms with Crippen LogP contribution < -0.4 is 10.2 Å². The summed E-state index contributed by atoms with van der Waals surface area (Å²) < 4.78 is 0. The maximum atomic E-state index is 13.5. The van der Waals surface area contributed by atoms with Gasteiger partial charge in [0, 0.05) is 15.6 Å². The smallest absolute Gasteiger partial charge is 0.283 e. The summed E-state index contributed by atoms with van der Waals surface area (Å²) >= 11 is 7.29. The van der Waals surface area contributed by atoms with Crippen LogP contribution in [0, 0.1) is 0 Å². The standard InChI is InChI=1S/C27H25ClN2O2S/c1-4-18-7-5-6-8-23(18)29-24-25(33-22-15-11-20(28)12-16-22)27(32)30(26(24)31)21-13-9-19(10-14-21)17(2)3/h5-17,29H,4H2,1-3H3. The Morgan fingerprint density at radius 1 is 0.909 bits per heavy atom. The monoisotopic (exact) mass is 476 g/mol. The fourth-order valence-corrected chi connectivity index (χ4v) is 4.72. The minimum Gasteiger partial charge on any atom is -0.350 e. The van der Waals surface area contributed by atoms with E-state index in [0.717, 1.165) is 28.1 Å². The van der Waals surface area contributed by atoms with E-state index in [1.807, 2.05) is 60.7 Å². The van der Waals surface area contributed by atoms with Crippen molar-refractivity contribution in [1.82, 2.24) is 0 Å². The largest absolute Gasteiger partial charge is 0.350 e. The van der Waals surface area contributed by atoms with Gasteiger partial charge in [-0.05, 0) is 65.9 Å². The molecule has 3 aromatic rings. The van der Waals surface area contributed by atoms with E-state index in [1.165, 1.54) is 16.7 Å². The SMILES string of the molecule is CCc1ccccc1NC1=C(Sc2ccc(Cl)cc2)C(=O)N(c2ccc(C(C)C)cc2)C1=O. The molecule has 0 atom stereocenters. The summed E-state index contributed by atoms with van der Waals surface area (Å²) in [7, 11) is 0. The number of anilines is 2. The molecule has 1 heterocycles. The molecule has 0 aliphatic carbocycles. The summed E-state index contributed by atoms with van der Waals surface area (Å²) in [5.41, 5.74) is 3.89. The molecule has 0 saturated carbocycles. The lowest BCUT2D eigenvalue weighted by atomic mass is 10.0. The number of carbonyl (C=O) groups is 2. The van der Waals surface area contributed by atoms with Crippen LogP contribution in [0.5, 0.6) is 0 Å². The minimum atomic E-state index is -0.361. The molecule has 3 aromatic carbocycles. The first kappa shape index (κ1) is 23.1. The van der Waals surface area contributed by atoms with Crippen LogP contribution in [0.15, 0.2) is 88.3 Å². The number of benzene rings is 3. The molecule has 4 nitrogen and oxygen atoms in total. The van der Waals surface area contributed by atoms with Crippen LogP contribution >= 0.6 is 23.4 Å². The molecule has 1 aliphatic heterocycles. The van der Waals surface area contributed by atoms with Gasteiger partial charge in [-0.15, -0.1) is 0 Å². The molecule has 1 N–H and O–H groups in total. The number of para-hydroxylation sites is 1. The molecule has 168 valence electrons. The minimum absolute atomic E-state index is 0.286. The van der Waals surface area contributed by atoms with E-state index in [9.17, 15) is 9.59 Å². The highest BCUT2D eigenvalue weighted by molar-refractivity contribution is 8.04. The number of nitrogens with one attached hydrogen (secondary N) is 1. The Hall–Kier alpha value is -3.02. The molecular weight excluding hydrogens is 452 g/mol. The fourth-order valence-electron chi connectivity index (χ4n) is 3.66. The number of halogens is 1. The molecular formula is C27H25ClN2O2S. The summed E-state index contributed by atoms with van der Waals surface area (Å²) in [6.07, 6.45) is 0.804. The molecule has 0 spiro atoms. The molecule has 0 fully saturated rings. The Labute approximate surface area is 203 Å². The highest BCUT2D eigenvalue weighted by atomic mass is 35.5. The first-order valence-electron chi connectivity index (χ1n) is 10.9. The van der Waals surface area contributed by atoms with E-state index in [4.69, 9.17) is 11.6 Å². The highest BCUT2D eigenvalue weighted by Crippen LogP contribution is 2.38. The average molecular weight is 477 g/mol. The molecule has 0 saturated heterocycles. The van der Waals surface area contributed by atoms with Crippen LogP contribution in [0.3, 0.4) is 0 Å². The number of aryl methyl sites for hydroxylation is 1. The van der Waals surface area contributed by atoms with Gasteiger partial charge in [0.2, 0.25) is 0 Å². The van der Waals surface area contributed by atoms with Crippen molar-refractivity contribution in [2.45, 2.75) is 38.0 Å². The number of carbonyl (C=O) groups excluding carboxylic acids is 2. The number of hydrogen-bond acceptors (Lipinski definition) is 4. The topological polar surface area (TPSA) is 49.4 Å². The van der Waals surface area contributed by atoms with E-state index in [1.54, 1.807) is 12.1 Å². The van der Waals surface area contributed by atoms with Crippen LogP contribution in [0.2, 0.25) is 5.02 Å². The summed E-state index contributed by atoms with van der Waals surface area (Å²) in [4.78, 5) is 29.5. The fraction of sp³-hybridized carbons (Fsp3) is 0.185. The van der Waals surface area contributed by atoms with Gasteiger partial charge in [0.1, 0.15) is 10.6 Å². The van der Waals surface area contributed by atoms with Gasteiger partial charge >= 0.3 is 0 Å². The lowest BCUT2D eigenvalue weighted by molar-refractivity contribution is -0.120. The number of hydrogen-bond donors (Lipinski definition) is 1. The summed E-state index contributed by atoms with van der Waals surface area (Å²) in [5.74, 6) is -0.339. The van der Waals surface area contributed by atoms with Crippen LogP contribution in [0.1, 0.15) is 37.8 Å². The Bertz CT molecular complexity index is 1220. The quantitative estimate of drug-likeness (QED) is 0.372. The molecule has 6 heteroatoms. The van der Waals surface area contributed by atoms with E-state index in [2.05, 4.69) is 26.1 Å². The number of nitrogens with zero attached hydrogens (tertiary/aromatic N) is 1. The third-order valence-electron chi connectivity index (χ3n) is 5.55. The van der Waals surface area contributed by atoms with Crippen molar-refractivity contribution in [2.24, 2.45) is 0 Å². The lowest BCUT2D eigenvalue weighted by Gasteiger charge is -2.17. The van der Waals surface area contributed by atoms with Crippen molar-refractivity contribution in [1.29, 1.82) is 0 Å². The van der Waals surface area contributed by atoms with E-state index in [0.29, 0.717) is 21.5 Å². The van der Waals surface area contributed by atoms with Crippen molar-refractivity contribution >= 4 is 46.6 Å². The Kier molecular flexibility index (Phi) is 6.91. The van der Waals surface area contributed by atoms with Gasteiger partial charge in [-0.25, -0.2) is 4.90 Å². The number of imide groups is 1. The first-order chi connectivity index (χ1) is 15.9. The lowest BCUT2D eigenvalue weighted by Crippen LogP contribution is -2.32. The maximum Gasteiger partial charge on any atom is 0.283 e. The second-order valence-electron chi connectivity index (χ2n) is 8.09. The van der Waals surface area contributed by atoms with Gasteiger partial charge < -0.3 is 5.32 Å². The van der Waals surface area contributed by atoms with Gasteiger partial charge in [-0.2, -0.15) is 0 Å². The van der Waals surface area contributed by atoms with Crippen molar-refractivity contribution in [3.05, 3.63) is 99.5 Å². The van der Waals surface area contributed by atoms with Gasteiger partial charge in [0.05, 0.1) is 5.69 Å². The normalized spacial score (nSPS) is 13.9. The zero-order valence-electron chi connectivity index (χ0n) is 18.8. The zero-order chi connectivity index (χ0) is 23.5. The summed E-state index contributed by atoms with van der Waals surface area (Å²) in [5, 5.41) is 3.89. The van der Waals surface area contributed by atoms with E-state index < -0.39 is 0 Å². The molecule has 0 unspecified atom stereocenters. The van der Waals surface area contributed by atoms with E-state index in [-0.39, 0.29) is 17.5 Å². The highest BCUT2D eigenvalue weighted by Gasteiger charge is 2.40. The van der Waals surface area contributed by atoms with Gasteiger partial charge in [0.25, 0.3) is 11.8 Å². The zero-order valence-corrected chi connectivity index (χ0v) is 20.3. The van der Waals surface area contributed by atoms with Gasteiger partial charge in [-0.1, -0.05) is 74.5 Å². The van der Waals surface area contributed by atoms with Crippen molar-refractivity contribution < 1.29 is 9.59 Å². The molecule has 4 rings (SSSR count). The second kappa shape index (κ2) is 9.86. The third-order valence-corrected chi connectivity index (χ3v) is 6.89. The van der Waals surface area contributed by atoms with E-state index >= 15 is 0 Å². The van der Waals surface area contributed by atoms with Crippen molar-refractivity contribution in [3.8, 4) is 0 Å². The predicted octanol–water partition coefficient (Wildman–Crippen LogP) is 7.02. The third kappa shape index (κ3) is 4.85. The first-order valence-corrected chi connectivity index (χ1v) is 12.1. The number of rotatable bonds is 7. The summed E-state index contributed by atoms with van der Waals surface area (Å²) in [6.45, 7) is 6.27. The molecule has 33 heavy (non-hydrogen) atoms. The Balaban J connectivity index is 1.74. The predicted molar refractivity (Wildman–Crippen MR) is 137 cm³/mol. The van der Waals surface area contributed by atoms with Crippen LogP contribution in [-0.4, -0.2) is 11.8 Å². The molecule has 0 aromatic heterocycles. The Morgan fingerprint density at radius 2 is 1.58 bits per heavy atom. The number of amides is 2. The van der Waals surface area contributed by atoms with Crippen LogP contribution in [0.25, 0.3) is 0 Å².